The van der Waals surface area contributed by atoms with Crippen molar-refractivity contribution in [1.29, 1.82) is 0 Å². The van der Waals surface area contributed by atoms with Crippen molar-refractivity contribution in [1.82, 2.24) is 0 Å². The van der Waals surface area contributed by atoms with Gasteiger partial charge in [0.15, 0.2) is 11.5 Å². The highest BCUT2D eigenvalue weighted by atomic mass is 16.5. The number of amides is 1. The lowest BCUT2D eigenvalue weighted by atomic mass is 10.1. The number of anilines is 2. The van der Waals surface area contributed by atoms with E-state index in [1.165, 1.54) is 12.8 Å². The predicted octanol–water partition coefficient (Wildman–Crippen LogP) is 3.22. The molecule has 0 radical (unpaired) electrons. The van der Waals surface area contributed by atoms with Crippen molar-refractivity contribution in [3.05, 3.63) is 47.5 Å². The predicted molar refractivity (Wildman–Crippen MR) is 100 cm³/mol. The van der Waals surface area contributed by atoms with Gasteiger partial charge in [-0.25, -0.2) is 0 Å². The summed E-state index contributed by atoms with van der Waals surface area (Å²) in [5.74, 6) is 1.15. The molecule has 1 atom stereocenters. The van der Waals surface area contributed by atoms with E-state index < -0.39 is 6.17 Å². The SMILES string of the molecule is COc1ccc(N2C(=O)c3cc(N)ccc3C2N)cc1OC1CCCC1. The summed E-state index contributed by atoms with van der Waals surface area (Å²) in [7, 11) is 1.61. The number of hydrogen-bond donors (Lipinski definition) is 2. The molecule has 1 saturated carbocycles. The molecule has 1 aliphatic heterocycles. The molecule has 1 heterocycles. The molecule has 4 rings (SSSR count). The van der Waals surface area contributed by atoms with E-state index >= 15 is 0 Å². The number of nitrogen functional groups attached to an aromatic ring is 1. The molecule has 136 valence electrons. The molecule has 26 heavy (non-hydrogen) atoms. The third kappa shape index (κ3) is 2.76. The molecule has 0 saturated heterocycles. The zero-order valence-corrected chi connectivity index (χ0v) is 14.8. The Labute approximate surface area is 152 Å². The van der Waals surface area contributed by atoms with Crippen LogP contribution in [0.2, 0.25) is 0 Å². The Bertz CT molecular complexity index is 846. The Hall–Kier alpha value is -2.73. The van der Waals surface area contributed by atoms with Gasteiger partial charge in [0.1, 0.15) is 6.17 Å². The van der Waals surface area contributed by atoms with Crippen molar-refractivity contribution in [2.24, 2.45) is 5.73 Å². The van der Waals surface area contributed by atoms with Gasteiger partial charge in [-0.15, -0.1) is 0 Å². The minimum atomic E-state index is -0.550. The number of nitrogens with two attached hydrogens (primary N) is 2. The summed E-state index contributed by atoms with van der Waals surface area (Å²) in [5, 5.41) is 0. The number of nitrogens with zero attached hydrogens (tertiary/aromatic N) is 1. The van der Waals surface area contributed by atoms with Gasteiger partial charge in [0.25, 0.3) is 5.91 Å². The third-order valence-corrected chi connectivity index (χ3v) is 5.14. The first-order valence-electron chi connectivity index (χ1n) is 8.91. The molecule has 2 aliphatic rings. The molecular formula is C20H23N3O3. The van der Waals surface area contributed by atoms with E-state index in [1.54, 1.807) is 24.1 Å². The molecule has 6 nitrogen and oxygen atoms in total. The number of fused-ring (bicyclic) bond motifs is 1. The molecule has 2 aromatic rings. The minimum Gasteiger partial charge on any atom is -0.493 e. The topological polar surface area (TPSA) is 90.8 Å². The maximum Gasteiger partial charge on any atom is 0.260 e. The van der Waals surface area contributed by atoms with Crippen LogP contribution < -0.4 is 25.8 Å². The van der Waals surface area contributed by atoms with Gasteiger partial charge in [0.05, 0.1) is 13.2 Å². The second-order valence-electron chi connectivity index (χ2n) is 6.83. The summed E-state index contributed by atoms with van der Waals surface area (Å²) in [6, 6.07) is 10.7. The smallest absolute Gasteiger partial charge is 0.260 e. The molecule has 4 N–H and O–H groups in total. The summed E-state index contributed by atoms with van der Waals surface area (Å²) in [6.07, 6.45) is 4.09. The first kappa shape index (κ1) is 16.7. The zero-order valence-electron chi connectivity index (χ0n) is 14.8. The minimum absolute atomic E-state index is 0.156. The normalized spacial score (nSPS) is 19.7. The van der Waals surface area contributed by atoms with E-state index in [0.717, 1.165) is 18.4 Å². The lowest BCUT2D eigenvalue weighted by Gasteiger charge is -2.24. The van der Waals surface area contributed by atoms with Crippen LogP contribution in [0.5, 0.6) is 11.5 Å². The number of carbonyl (C=O) groups is 1. The van der Waals surface area contributed by atoms with Crippen LogP contribution in [0, 0.1) is 0 Å². The van der Waals surface area contributed by atoms with E-state index in [1.807, 2.05) is 24.3 Å². The van der Waals surface area contributed by atoms with Crippen LogP contribution in [0.25, 0.3) is 0 Å². The Balaban J connectivity index is 1.68. The Morgan fingerprint density at radius 3 is 2.58 bits per heavy atom. The summed E-state index contributed by atoms with van der Waals surface area (Å²) < 4.78 is 11.6. The summed E-state index contributed by atoms with van der Waals surface area (Å²) in [6.45, 7) is 0. The first-order chi connectivity index (χ1) is 12.6. The fourth-order valence-corrected chi connectivity index (χ4v) is 3.78. The van der Waals surface area contributed by atoms with E-state index in [9.17, 15) is 4.79 Å². The van der Waals surface area contributed by atoms with Gasteiger partial charge in [0.2, 0.25) is 0 Å². The second kappa shape index (κ2) is 6.53. The molecule has 1 unspecified atom stereocenters. The fourth-order valence-electron chi connectivity index (χ4n) is 3.78. The van der Waals surface area contributed by atoms with Gasteiger partial charge in [-0.05, 0) is 49.9 Å². The van der Waals surface area contributed by atoms with Crippen molar-refractivity contribution >= 4 is 17.3 Å². The van der Waals surface area contributed by atoms with E-state index in [-0.39, 0.29) is 12.0 Å². The number of carbonyl (C=O) groups excluding carboxylic acids is 1. The molecule has 0 aromatic heterocycles. The molecular weight excluding hydrogens is 330 g/mol. The summed E-state index contributed by atoms with van der Waals surface area (Å²) >= 11 is 0. The van der Waals surface area contributed by atoms with Gasteiger partial charge < -0.3 is 20.9 Å². The number of benzene rings is 2. The number of methoxy groups -OCH3 is 1. The van der Waals surface area contributed by atoms with Crippen molar-refractivity contribution in [2.45, 2.75) is 38.0 Å². The van der Waals surface area contributed by atoms with Gasteiger partial charge in [-0.2, -0.15) is 0 Å². The maximum atomic E-state index is 12.9. The highest BCUT2D eigenvalue weighted by molar-refractivity contribution is 6.11. The Kier molecular flexibility index (Phi) is 4.20. The average molecular weight is 353 g/mol. The monoisotopic (exact) mass is 353 g/mol. The second-order valence-corrected chi connectivity index (χ2v) is 6.83. The number of ether oxygens (including phenoxy) is 2. The van der Waals surface area contributed by atoms with Gasteiger partial charge >= 0.3 is 0 Å². The highest BCUT2D eigenvalue weighted by Gasteiger charge is 2.36. The molecule has 0 spiro atoms. The van der Waals surface area contributed by atoms with Crippen LogP contribution in [0.3, 0.4) is 0 Å². The quantitative estimate of drug-likeness (QED) is 0.824. The van der Waals surface area contributed by atoms with E-state index in [2.05, 4.69) is 0 Å². The standard InChI is InChI=1S/C20H23N3O3/c1-25-17-9-7-13(11-18(17)26-14-4-2-3-5-14)23-19(22)15-8-6-12(21)10-16(15)20(23)24/h6-11,14,19H,2-5,21-22H2,1H3. The summed E-state index contributed by atoms with van der Waals surface area (Å²) in [5.41, 5.74) is 14.7. The highest BCUT2D eigenvalue weighted by Crippen LogP contribution is 2.40. The van der Waals surface area contributed by atoms with Crippen molar-refractivity contribution < 1.29 is 14.3 Å². The van der Waals surface area contributed by atoms with Crippen LogP contribution in [-0.4, -0.2) is 19.1 Å². The van der Waals surface area contributed by atoms with E-state index in [4.69, 9.17) is 20.9 Å². The van der Waals surface area contributed by atoms with Crippen LogP contribution >= 0.6 is 0 Å². The molecule has 2 aromatic carbocycles. The van der Waals surface area contributed by atoms with Crippen molar-refractivity contribution in [3.63, 3.8) is 0 Å². The van der Waals surface area contributed by atoms with Gasteiger partial charge in [-0.1, -0.05) is 6.07 Å². The van der Waals surface area contributed by atoms with Crippen LogP contribution in [0.1, 0.15) is 47.8 Å². The van der Waals surface area contributed by atoms with Gasteiger partial charge in [-0.3, -0.25) is 9.69 Å². The Morgan fingerprint density at radius 1 is 1.08 bits per heavy atom. The lowest BCUT2D eigenvalue weighted by molar-refractivity contribution is 0.0991. The van der Waals surface area contributed by atoms with E-state index in [0.29, 0.717) is 28.4 Å². The molecule has 1 aliphatic carbocycles. The maximum absolute atomic E-state index is 12.9. The number of hydrogen-bond acceptors (Lipinski definition) is 5. The molecule has 6 heteroatoms. The largest absolute Gasteiger partial charge is 0.493 e. The lowest BCUT2D eigenvalue weighted by Crippen LogP contribution is -2.32. The molecule has 0 bridgehead atoms. The first-order valence-corrected chi connectivity index (χ1v) is 8.91. The zero-order chi connectivity index (χ0) is 18.3. The van der Waals surface area contributed by atoms with Gasteiger partial charge in [0, 0.05) is 28.6 Å². The molecule has 1 amide bonds. The van der Waals surface area contributed by atoms with Crippen LogP contribution in [-0.2, 0) is 0 Å². The van der Waals surface area contributed by atoms with Crippen molar-refractivity contribution in [2.75, 3.05) is 17.7 Å². The van der Waals surface area contributed by atoms with Crippen LogP contribution in [0.4, 0.5) is 11.4 Å². The average Bonchev–Trinajstić information content (AvgIpc) is 3.22. The van der Waals surface area contributed by atoms with Crippen LogP contribution in [0.15, 0.2) is 36.4 Å². The molecule has 1 fully saturated rings. The van der Waals surface area contributed by atoms with Crippen molar-refractivity contribution in [3.8, 4) is 11.5 Å². The Morgan fingerprint density at radius 2 is 1.85 bits per heavy atom. The summed E-state index contributed by atoms with van der Waals surface area (Å²) in [4.78, 5) is 14.5. The number of rotatable bonds is 4. The third-order valence-electron chi connectivity index (χ3n) is 5.14. The fraction of sp³-hybridized carbons (Fsp3) is 0.350.